The highest BCUT2D eigenvalue weighted by Gasteiger charge is 1.98. The number of thiazole rings is 1. The SMILES string of the molecule is Cc1csc(NCCCC(C)O)n1. The van der Waals surface area contributed by atoms with Gasteiger partial charge in [0.15, 0.2) is 5.13 Å². The van der Waals surface area contributed by atoms with E-state index in [0.29, 0.717) is 0 Å². The summed E-state index contributed by atoms with van der Waals surface area (Å²) in [5.74, 6) is 0. The molecule has 1 aromatic heterocycles. The summed E-state index contributed by atoms with van der Waals surface area (Å²) in [5.41, 5.74) is 1.06. The van der Waals surface area contributed by atoms with Gasteiger partial charge < -0.3 is 10.4 Å². The normalized spacial score (nSPS) is 12.8. The van der Waals surface area contributed by atoms with Crippen LogP contribution >= 0.6 is 11.3 Å². The molecule has 0 amide bonds. The lowest BCUT2D eigenvalue weighted by atomic mass is 10.2. The number of hydrogen-bond donors (Lipinski definition) is 2. The van der Waals surface area contributed by atoms with Crippen LogP contribution in [0.15, 0.2) is 5.38 Å². The average Bonchev–Trinajstić information content (AvgIpc) is 2.45. The highest BCUT2D eigenvalue weighted by molar-refractivity contribution is 7.13. The highest BCUT2D eigenvalue weighted by atomic mass is 32.1. The van der Waals surface area contributed by atoms with Gasteiger partial charge in [0.25, 0.3) is 0 Å². The van der Waals surface area contributed by atoms with Crippen LogP contribution < -0.4 is 5.32 Å². The molecule has 1 unspecified atom stereocenters. The van der Waals surface area contributed by atoms with Gasteiger partial charge in [-0.3, -0.25) is 0 Å². The first-order valence-electron chi connectivity index (χ1n) is 4.52. The molecule has 1 atom stereocenters. The first kappa shape index (κ1) is 10.5. The van der Waals surface area contributed by atoms with Crippen LogP contribution in [-0.2, 0) is 0 Å². The number of aryl methyl sites for hydroxylation is 1. The predicted molar refractivity (Wildman–Crippen MR) is 56.3 cm³/mol. The van der Waals surface area contributed by atoms with Crippen LogP contribution in [0.2, 0.25) is 0 Å². The van der Waals surface area contributed by atoms with E-state index in [1.165, 1.54) is 0 Å². The Hall–Kier alpha value is -0.610. The average molecular weight is 200 g/mol. The van der Waals surface area contributed by atoms with E-state index in [9.17, 15) is 0 Å². The van der Waals surface area contributed by atoms with Crippen molar-refractivity contribution in [3.05, 3.63) is 11.1 Å². The molecule has 0 radical (unpaired) electrons. The fourth-order valence-corrected chi connectivity index (χ4v) is 1.74. The molecule has 1 aromatic rings. The molecule has 13 heavy (non-hydrogen) atoms. The Morgan fingerprint density at radius 1 is 1.69 bits per heavy atom. The molecule has 0 saturated carbocycles. The summed E-state index contributed by atoms with van der Waals surface area (Å²) in [6, 6.07) is 0. The van der Waals surface area contributed by atoms with Gasteiger partial charge in [-0.1, -0.05) is 0 Å². The van der Waals surface area contributed by atoms with Gasteiger partial charge >= 0.3 is 0 Å². The molecule has 1 heterocycles. The Balaban J connectivity index is 2.13. The lowest BCUT2D eigenvalue weighted by Crippen LogP contribution is -2.06. The third kappa shape index (κ3) is 4.24. The number of aliphatic hydroxyl groups excluding tert-OH is 1. The quantitative estimate of drug-likeness (QED) is 0.715. The molecule has 0 aliphatic carbocycles. The van der Waals surface area contributed by atoms with Crippen LogP contribution in [0.5, 0.6) is 0 Å². The molecule has 0 saturated heterocycles. The number of nitrogens with zero attached hydrogens (tertiary/aromatic N) is 1. The highest BCUT2D eigenvalue weighted by Crippen LogP contribution is 2.14. The van der Waals surface area contributed by atoms with E-state index in [4.69, 9.17) is 5.11 Å². The minimum Gasteiger partial charge on any atom is -0.393 e. The van der Waals surface area contributed by atoms with Gasteiger partial charge in [0.2, 0.25) is 0 Å². The lowest BCUT2D eigenvalue weighted by molar-refractivity contribution is 0.183. The zero-order chi connectivity index (χ0) is 9.68. The van der Waals surface area contributed by atoms with Crippen molar-refractivity contribution in [3.8, 4) is 0 Å². The fraction of sp³-hybridized carbons (Fsp3) is 0.667. The summed E-state index contributed by atoms with van der Waals surface area (Å²) in [4.78, 5) is 4.27. The van der Waals surface area contributed by atoms with Gasteiger partial charge in [0, 0.05) is 11.9 Å². The van der Waals surface area contributed by atoms with E-state index in [0.717, 1.165) is 30.2 Å². The minimum absolute atomic E-state index is 0.195. The van der Waals surface area contributed by atoms with E-state index in [1.807, 2.05) is 19.2 Å². The Bertz CT molecular complexity index is 248. The van der Waals surface area contributed by atoms with Gasteiger partial charge in [0.1, 0.15) is 0 Å². The van der Waals surface area contributed by atoms with Gasteiger partial charge in [-0.2, -0.15) is 0 Å². The number of aliphatic hydroxyl groups is 1. The van der Waals surface area contributed by atoms with E-state index in [1.54, 1.807) is 11.3 Å². The van der Waals surface area contributed by atoms with Crippen LogP contribution in [0, 0.1) is 6.92 Å². The number of nitrogens with one attached hydrogen (secondary N) is 1. The number of anilines is 1. The van der Waals surface area contributed by atoms with Gasteiger partial charge in [0.05, 0.1) is 11.8 Å². The maximum Gasteiger partial charge on any atom is 0.182 e. The maximum atomic E-state index is 9.01. The molecule has 2 N–H and O–H groups in total. The first-order chi connectivity index (χ1) is 6.18. The molecule has 0 aliphatic rings. The molecule has 1 rings (SSSR count). The van der Waals surface area contributed by atoms with Crippen molar-refractivity contribution in [2.75, 3.05) is 11.9 Å². The van der Waals surface area contributed by atoms with Crippen molar-refractivity contribution in [1.29, 1.82) is 0 Å². The second-order valence-corrected chi connectivity index (χ2v) is 4.07. The van der Waals surface area contributed by atoms with Crippen molar-refractivity contribution in [2.24, 2.45) is 0 Å². The van der Waals surface area contributed by atoms with Crippen LogP contribution in [0.3, 0.4) is 0 Å². The molecular weight excluding hydrogens is 184 g/mol. The number of aromatic nitrogens is 1. The second-order valence-electron chi connectivity index (χ2n) is 3.21. The van der Waals surface area contributed by atoms with Gasteiger partial charge in [-0.05, 0) is 26.7 Å². The second kappa shape index (κ2) is 5.19. The largest absolute Gasteiger partial charge is 0.393 e. The molecule has 0 spiro atoms. The zero-order valence-corrected chi connectivity index (χ0v) is 8.90. The van der Waals surface area contributed by atoms with E-state index in [2.05, 4.69) is 10.3 Å². The number of rotatable bonds is 5. The summed E-state index contributed by atoms with van der Waals surface area (Å²) in [5, 5.41) is 15.2. The molecule has 0 aromatic carbocycles. The summed E-state index contributed by atoms with van der Waals surface area (Å²) in [6.07, 6.45) is 1.63. The number of hydrogen-bond acceptors (Lipinski definition) is 4. The van der Waals surface area contributed by atoms with Gasteiger partial charge in [-0.15, -0.1) is 11.3 Å². The topological polar surface area (TPSA) is 45.1 Å². The molecular formula is C9H16N2OS. The van der Waals surface area contributed by atoms with Crippen molar-refractivity contribution < 1.29 is 5.11 Å². The minimum atomic E-state index is -0.195. The third-order valence-corrected chi connectivity index (χ3v) is 2.61. The standard InChI is InChI=1S/C9H16N2OS/c1-7-6-13-9(11-7)10-5-3-4-8(2)12/h6,8,12H,3-5H2,1-2H3,(H,10,11). The maximum absolute atomic E-state index is 9.01. The summed E-state index contributed by atoms with van der Waals surface area (Å²) in [6.45, 7) is 4.68. The molecule has 4 heteroatoms. The van der Waals surface area contributed by atoms with Crippen LogP contribution in [0.1, 0.15) is 25.5 Å². The fourth-order valence-electron chi connectivity index (χ4n) is 1.03. The van der Waals surface area contributed by atoms with Crippen molar-refractivity contribution in [2.45, 2.75) is 32.8 Å². The third-order valence-electron chi connectivity index (χ3n) is 1.69. The summed E-state index contributed by atoms with van der Waals surface area (Å²) in [7, 11) is 0. The van der Waals surface area contributed by atoms with E-state index < -0.39 is 0 Å². The van der Waals surface area contributed by atoms with Crippen molar-refractivity contribution in [3.63, 3.8) is 0 Å². The Morgan fingerprint density at radius 2 is 2.46 bits per heavy atom. The van der Waals surface area contributed by atoms with Gasteiger partial charge in [-0.25, -0.2) is 4.98 Å². The zero-order valence-electron chi connectivity index (χ0n) is 8.08. The van der Waals surface area contributed by atoms with Crippen molar-refractivity contribution in [1.82, 2.24) is 4.98 Å². The lowest BCUT2D eigenvalue weighted by Gasteiger charge is -2.04. The molecule has 0 bridgehead atoms. The van der Waals surface area contributed by atoms with Crippen molar-refractivity contribution >= 4 is 16.5 Å². The smallest absolute Gasteiger partial charge is 0.182 e. The summed E-state index contributed by atoms with van der Waals surface area (Å²) >= 11 is 1.62. The Kier molecular flexibility index (Phi) is 4.18. The Morgan fingerprint density at radius 3 is 3.00 bits per heavy atom. The monoisotopic (exact) mass is 200 g/mol. The molecule has 0 fully saturated rings. The van der Waals surface area contributed by atoms with Crippen LogP contribution in [-0.4, -0.2) is 22.7 Å². The predicted octanol–water partition coefficient (Wildman–Crippen LogP) is 2.02. The van der Waals surface area contributed by atoms with E-state index >= 15 is 0 Å². The first-order valence-corrected chi connectivity index (χ1v) is 5.40. The van der Waals surface area contributed by atoms with E-state index in [-0.39, 0.29) is 6.10 Å². The van der Waals surface area contributed by atoms with Crippen LogP contribution in [0.4, 0.5) is 5.13 Å². The van der Waals surface area contributed by atoms with Crippen LogP contribution in [0.25, 0.3) is 0 Å². The molecule has 3 nitrogen and oxygen atoms in total. The Labute approximate surface area is 82.8 Å². The summed E-state index contributed by atoms with van der Waals surface area (Å²) < 4.78 is 0. The molecule has 74 valence electrons. The molecule has 0 aliphatic heterocycles.